The van der Waals surface area contributed by atoms with Gasteiger partial charge in [0.15, 0.2) is 0 Å². The standard InChI is InChI=1S/C16H23F3N2.ClH/c1-2-13-3-5-14(6-4-13)15(7-8-16(17,18)19)21-11-9-20-10-12-21;/h3-6,15,20H,2,7-12H2,1H3;1H/t15-;/m0./s1. The Bertz CT molecular complexity index is 428. The van der Waals surface area contributed by atoms with Crippen LogP contribution in [0.5, 0.6) is 0 Å². The Labute approximate surface area is 136 Å². The zero-order chi connectivity index (χ0) is 15.3. The van der Waals surface area contributed by atoms with Crippen molar-refractivity contribution in [3.63, 3.8) is 0 Å². The van der Waals surface area contributed by atoms with Crippen LogP contribution >= 0.6 is 12.4 Å². The lowest BCUT2D eigenvalue weighted by Gasteiger charge is -2.35. The van der Waals surface area contributed by atoms with Gasteiger partial charge in [-0.25, -0.2) is 0 Å². The highest BCUT2D eigenvalue weighted by molar-refractivity contribution is 5.85. The van der Waals surface area contributed by atoms with Crippen molar-refractivity contribution >= 4 is 12.4 Å². The molecule has 0 unspecified atom stereocenters. The van der Waals surface area contributed by atoms with E-state index in [1.165, 1.54) is 5.56 Å². The lowest BCUT2D eigenvalue weighted by molar-refractivity contribution is -0.138. The van der Waals surface area contributed by atoms with E-state index in [9.17, 15) is 13.2 Å². The molecule has 1 heterocycles. The van der Waals surface area contributed by atoms with Gasteiger partial charge in [0.05, 0.1) is 0 Å². The predicted octanol–water partition coefficient (Wildman–Crippen LogP) is 3.96. The minimum absolute atomic E-state index is 0. The van der Waals surface area contributed by atoms with E-state index in [1.807, 2.05) is 24.3 Å². The summed E-state index contributed by atoms with van der Waals surface area (Å²) in [7, 11) is 0. The smallest absolute Gasteiger partial charge is 0.314 e. The first kappa shape index (κ1) is 19.3. The van der Waals surface area contributed by atoms with Crippen molar-refractivity contribution < 1.29 is 13.2 Å². The molecule has 1 aromatic carbocycles. The first-order valence-corrected chi connectivity index (χ1v) is 7.60. The van der Waals surface area contributed by atoms with E-state index in [2.05, 4.69) is 17.1 Å². The van der Waals surface area contributed by atoms with Crippen molar-refractivity contribution in [2.24, 2.45) is 0 Å². The monoisotopic (exact) mass is 336 g/mol. The number of piperazine rings is 1. The average molecular weight is 337 g/mol. The maximum absolute atomic E-state index is 12.6. The number of aryl methyl sites for hydroxylation is 1. The molecule has 0 spiro atoms. The fourth-order valence-electron chi connectivity index (χ4n) is 2.83. The molecular weight excluding hydrogens is 313 g/mol. The van der Waals surface area contributed by atoms with Gasteiger partial charge in [0.2, 0.25) is 0 Å². The van der Waals surface area contributed by atoms with Crippen LogP contribution in [0, 0.1) is 0 Å². The molecule has 126 valence electrons. The fraction of sp³-hybridized carbons (Fsp3) is 0.625. The number of nitrogens with zero attached hydrogens (tertiary/aromatic N) is 1. The van der Waals surface area contributed by atoms with E-state index in [0.29, 0.717) is 0 Å². The normalized spacial score (nSPS) is 17.8. The molecule has 2 rings (SSSR count). The average Bonchev–Trinajstić information content (AvgIpc) is 2.48. The van der Waals surface area contributed by atoms with Gasteiger partial charge >= 0.3 is 6.18 Å². The van der Waals surface area contributed by atoms with Gasteiger partial charge in [-0.2, -0.15) is 13.2 Å². The zero-order valence-corrected chi connectivity index (χ0v) is 13.6. The van der Waals surface area contributed by atoms with E-state index in [1.54, 1.807) is 0 Å². The molecule has 1 aliphatic heterocycles. The first-order chi connectivity index (χ1) is 9.99. The molecule has 1 N–H and O–H groups in total. The highest BCUT2D eigenvalue weighted by Gasteiger charge is 2.31. The van der Waals surface area contributed by atoms with Gasteiger partial charge in [0, 0.05) is 38.6 Å². The van der Waals surface area contributed by atoms with Crippen molar-refractivity contribution in [3.8, 4) is 0 Å². The maximum atomic E-state index is 12.6. The summed E-state index contributed by atoms with van der Waals surface area (Å²) in [6, 6.07) is 7.89. The zero-order valence-electron chi connectivity index (χ0n) is 12.8. The van der Waals surface area contributed by atoms with Crippen molar-refractivity contribution in [1.29, 1.82) is 0 Å². The van der Waals surface area contributed by atoms with Crippen LogP contribution in [0.1, 0.15) is 36.9 Å². The SMILES string of the molecule is CCc1ccc([C@H](CCC(F)(F)F)N2CCNCC2)cc1.Cl. The summed E-state index contributed by atoms with van der Waals surface area (Å²) in [4.78, 5) is 2.17. The largest absolute Gasteiger partial charge is 0.389 e. The van der Waals surface area contributed by atoms with Gasteiger partial charge in [-0.1, -0.05) is 31.2 Å². The van der Waals surface area contributed by atoms with Gasteiger partial charge in [0.25, 0.3) is 0 Å². The van der Waals surface area contributed by atoms with E-state index in [-0.39, 0.29) is 24.9 Å². The molecule has 1 aromatic rings. The second kappa shape index (κ2) is 8.75. The highest BCUT2D eigenvalue weighted by atomic mass is 35.5. The second-order valence-corrected chi connectivity index (χ2v) is 5.55. The van der Waals surface area contributed by atoms with Crippen molar-refractivity contribution in [3.05, 3.63) is 35.4 Å². The van der Waals surface area contributed by atoms with E-state index in [0.717, 1.165) is 38.2 Å². The number of nitrogens with one attached hydrogen (secondary N) is 1. The van der Waals surface area contributed by atoms with Crippen LogP contribution in [-0.4, -0.2) is 37.3 Å². The molecule has 1 saturated heterocycles. The Hall–Kier alpha value is -0.780. The Morgan fingerprint density at radius 3 is 2.23 bits per heavy atom. The van der Waals surface area contributed by atoms with E-state index < -0.39 is 12.6 Å². The lowest BCUT2D eigenvalue weighted by Crippen LogP contribution is -2.45. The quantitative estimate of drug-likeness (QED) is 0.875. The molecule has 1 atom stereocenters. The molecule has 1 aliphatic rings. The number of rotatable bonds is 5. The summed E-state index contributed by atoms with van der Waals surface area (Å²) in [5, 5.41) is 3.25. The minimum Gasteiger partial charge on any atom is -0.314 e. The second-order valence-electron chi connectivity index (χ2n) is 5.55. The number of halogens is 4. The summed E-state index contributed by atoms with van der Waals surface area (Å²) in [6.07, 6.45) is -3.73. The van der Waals surface area contributed by atoms with Crippen LogP contribution in [0.25, 0.3) is 0 Å². The number of benzene rings is 1. The van der Waals surface area contributed by atoms with Crippen molar-refractivity contribution in [1.82, 2.24) is 10.2 Å². The Kier molecular flexibility index (Phi) is 7.66. The van der Waals surface area contributed by atoms with Crippen LogP contribution in [0.2, 0.25) is 0 Å². The van der Waals surface area contributed by atoms with Crippen molar-refractivity contribution in [2.45, 2.75) is 38.4 Å². The third kappa shape index (κ3) is 5.78. The number of hydrogen-bond donors (Lipinski definition) is 1. The summed E-state index contributed by atoms with van der Waals surface area (Å²) >= 11 is 0. The molecule has 0 aliphatic carbocycles. The van der Waals surface area contributed by atoms with Gasteiger partial charge in [-0.15, -0.1) is 12.4 Å². The van der Waals surface area contributed by atoms with Crippen LogP contribution in [-0.2, 0) is 6.42 Å². The molecule has 6 heteroatoms. The van der Waals surface area contributed by atoms with Crippen LogP contribution in [0.3, 0.4) is 0 Å². The molecule has 0 aromatic heterocycles. The Morgan fingerprint density at radius 2 is 1.73 bits per heavy atom. The maximum Gasteiger partial charge on any atom is 0.389 e. The molecule has 0 amide bonds. The Balaban J connectivity index is 0.00000242. The lowest BCUT2D eigenvalue weighted by atomic mass is 9.97. The fourth-order valence-corrected chi connectivity index (χ4v) is 2.83. The highest BCUT2D eigenvalue weighted by Crippen LogP contribution is 2.31. The third-order valence-corrected chi connectivity index (χ3v) is 4.07. The summed E-state index contributed by atoms with van der Waals surface area (Å²) < 4.78 is 37.8. The van der Waals surface area contributed by atoms with Crippen LogP contribution in [0.15, 0.2) is 24.3 Å². The Morgan fingerprint density at radius 1 is 1.14 bits per heavy atom. The first-order valence-electron chi connectivity index (χ1n) is 7.60. The topological polar surface area (TPSA) is 15.3 Å². The van der Waals surface area contributed by atoms with Crippen LogP contribution in [0.4, 0.5) is 13.2 Å². The van der Waals surface area contributed by atoms with Gasteiger partial charge < -0.3 is 5.32 Å². The molecule has 2 nitrogen and oxygen atoms in total. The van der Waals surface area contributed by atoms with Gasteiger partial charge in [-0.3, -0.25) is 4.90 Å². The molecule has 22 heavy (non-hydrogen) atoms. The summed E-state index contributed by atoms with van der Waals surface area (Å²) in [5.74, 6) is 0. The van der Waals surface area contributed by atoms with Crippen molar-refractivity contribution in [2.75, 3.05) is 26.2 Å². The number of alkyl halides is 3. The van der Waals surface area contributed by atoms with E-state index in [4.69, 9.17) is 0 Å². The van der Waals surface area contributed by atoms with Crippen LogP contribution < -0.4 is 5.32 Å². The third-order valence-electron chi connectivity index (χ3n) is 4.07. The van der Waals surface area contributed by atoms with Gasteiger partial charge in [0.1, 0.15) is 0 Å². The predicted molar refractivity (Wildman–Crippen MR) is 85.5 cm³/mol. The molecular formula is C16H24ClF3N2. The molecule has 0 bridgehead atoms. The van der Waals surface area contributed by atoms with Gasteiger partial charge in [-0.05, 0) is 24.0 Å². The molecule has 1 fully saturated rings. The van der Waals surface area contributed by atoms with E-state index >= 15 is 0 Å². The molecule has 0 saturated carbocycles. The summed E-state index contributed by atoms with van der Waals surface area (Å²) in [6.45, 7) is 5.37. The summed E-state index contributed by atoms with van der Waals surface area (Å²) in [5.41, 5.74) is 2.21. The number of hydrogen-bond acceptors (Lipinski definition) is 2. The molecule has 0 radical (unpaired) electrons. The minimum atomic E-state index is -4.09.